The molecule has 4 rings (SSSR count). The van der Waals surface area contributed by atoms with Crippen molar-refractivity contribution < 1.29 is 13.2 Å². The molecule has 1 aliphatic rings. The topological polar surface area (TPSA) is 97.2 Å². The number of para-hydroxylation sites is 1. The Hall–Kier alpha value is -2.69. The van der Waals surface area contributed by atoms with Crippen molar-refractivity contribution in [2.24, 2.45) is 0 Å². The Bertz CT molecular complexity index is 1220. The second-order valence-electron chi connectivity index (χ2n) is 8.13. The highest BCUT2D eigenvalue weighted by Gasteiger charge is 2.28. The van der Waals surface area contributed by atoms with Crippen molar-refractivity contribution in [3.05, 3.63) is 54.6 Å². The van der Waals surface area contributed by atoms with Gasteiger partial charge in [0.1, 0.15) is 0 Å². The van der Waals surface area contributed by atoms with Gasteiger partial charge in [-0.15, -0.1) is 10.2 Å². The molecule has 1 N–H and O–H groups in total. The summed E-state index contributed by atoms with van der Waals surface area (Å²) in [6, 6.07) is 16.5. The molecule has 1 saturated heterocycles. The van der Waals surface area contributed by atoms with Crippen LogP contribution in [0.5, 0.6) is 0 Å². The van der Waals surface area contributed by atoms with Gasteiger partial charge in [0, 0.05) is 30.4 Å². The number of rotatable bonds is 8. The SMILES string of the molecule is CC(C)NC(=O)CSc1nnc(-c2cccc(S(=O)(=O)N3CCCC3)c2)n1-c1ccccc1. The minimum Gasteiger partial charge on any atom is -0.353 e. The zero-order valence-corrected chi connectivity index (χ0v) is 20.3. The molecule has 0 saturated carbocycles. The van der Waals surface area contributed by atoms with Crippen molar-refractivity contribution in [3.8, 4) is 17.1 Å². The van der Waals surface area contributed by atoms with Gasteiger partial charge in [0.15, 0.2) is 11.0 Å². The number of nitrogens with one attached hydrogen (secondary N) is 1. The lowest BCUT2D eigenvalue weighted by molar-refractivity contribution is -0.119. The average molecular weight is 486 g/mol. The lowest BCUT2D eigenvalue weighted by Crippen LogP contribution is -2.31. The van der Waals surface area contributed by atoms with Crippen LogP contribution in [0.4, 0.5) is 0 Å². The number of carbonyl (C=O) groups excluding carboxylic acids is 1. The minimum absolute atomic E-state index is 0.0564. The fraction of sp³-hybridized carbons (Fsp3) is 0.348. The van der Waals surface area contributed by atoms with Gasteiger partial charge in [0.2, 0.25) is 15.9 Å². The van der Waals surface area contributed by atoms with Gasteiger partial charge in [-0.05, 0) is 51.0 Å². The lowest BCUT2D eigenvalue weighted by Gasteiger charge is -2.16. The number of amides is 1. The molecule has 0 spiro atoms. The van der Waals surface area contributed by atoms with Crippen molar-refractivity contribution in [2.45, 2.75) is 42.8 Å². The molecule has 3 aromatic rings. The highest BCUT2D eigenvalue weighted by Crippen LogP contribution is 2.30. The molecule has 10 heteroatoms. The first-order chi connectivity index (χ1) is 15.9. The molecule has 174 valence electrons. The summed E-state index contributed by atoms with van der Waals surface area (Å²) in [5.74, 6) is 0.635. The third-order valence-electron chi connectivity index (χ3n) is 5.22. The van der Waals surface area contributed by atoms with Gasteiger partial charge in [0.25, 0.3) is 0 Å². The third-order valence-corrected chi connectivity index (χ3v) is 8.05. The second-order valence-corrected chi connectivity index (χ2v) is 11.0. The summed E-state index contributed by atoms with van der Waals surface area (Å²) in [5, 5.41) is 12.1. The Morgan fingerprint density at radius 2 is 1.79 bits per heavy atom. The van der Waals surface area contributed by atoms with E-state index in [0.29, 0.717) is 29.6 Å². The monoisotopic (exact) mass is 485 g/mol. The van der Waals surface area contributed by atoms with Crippen molar-refractivity contribution in [1.29, 1.82) is 0 Å². The summed E-state index contributed by atoms with van der Waals surface area (Å²) in [4.78, 5) is 12.4. The van der Waals surface area contributed by atoms with E-state index in [1.54, 1.807) is 18.2 Å². The first-order valence-electron chi connectivity index (χ1n) is 10.9. The Morgan fingerprint density at radius 3 is 2.48 bits per heavy atom. The lowest BCUT2D eigenvalue weighted by atomic mass is 10.2. The van der Waals surface area contributed by atoms with Gasteiger partial charge in [0.05, 0.1) is 10.6 Å². The van der Waals surface area contributed by atoms with E-state index in [9.17, 15) is 13.2 Å². The molecule has 0 aliphatic carbocycles. The molecule has 2 aromatic carbocycles. The Kier molecular flexibility index (Phi) is 7.16. The first-order valence-corrected chi connectivity index (χ1v) is 13.3. The van der Waals surface area contributed by atoms with Crippen molar-refractivity contribution >= 4 is 27.7 Å². The second kappa shape index (κ2) is 10.1. The Balaban J connectivity index is 1.71. The maximum Gasteiger partial charge on any atom is 0.243 e. The summed E-state index contributed by atoms with van der Waals surface area (Å²) < 4.78 is 29.5. The van der Waals surface area contributed by atoms with Crippen molar-refractivity contribution in [1.82, 2.24) is 24.4 Å². The number of nitrogens with zero attached hydrogens (tertiary/aromatic N) is 4. The van der Waals surface area contributed by atoms with E-state index in [-0.39, 0.29) is 22.6 Å². The summed E-state index contributed by atoms with van der Waals surface area (Å²) in [6.07, 6.45) is 1.76. The van der Waals surface area contributed by atoms with E-state index in [1.807, 2.05) is 54.8 Å². The molecule has 1 aromatic heterocycles. The molecule has 0 radical (unpaired) electrons. The molecule has 0 atom stereocenters. The molecule has 0 unspecified atom stereocenters. The van der Waals surface area contributed by atoms with Crippen LogP contribution in [0.25, 0.3) is 17.1 Å². The predicted octanol–water partition coefficient (Wildman–Crippen LogP) is 3.34. The molecule has 8 nitrogen and oxygen atoms in total. The summed E-state index contributed by atoms with van der Waals surface area (Å²) in [6.45, 7) is 4.92. The number of hydrogen-bond donors (Lipinski definition) is 1. The van der Waals surface area contributed by atoms with Gasteiger partial charge in [-0.1, -0.05) is 42.1 Å². The maximum atomic E-state index is 13.1. The molecule has 1 aliphatic heterocycles. The number of sulfonamides is 1. The molecule has 1 amide bonds. The van der Waals surface area contributed by atoms with Crippen LogP contribution >= 0.6 is 11.8 Å². The maximum absolute atomic E-state index is 13.1. The standard InChI is InChI=1S/C23H27N5O3S2/c1-17(2)24-21(29)16-32-23-26-25-22(28(23)19-10-4-3-5-11-19)18-9-8-12-20(15-18)33(30,31)27-13-6-7-14-27/h3-5,8-12,15,17H,6-7,13-14,16H2,1-2H3,(H,24,29). The number of aromatic nitrogens is 3. The summed E-state index contributed by atoms with van der Waals surface area (Å²) >= 11 is 1.29. The van der Waals surface area contributed by atoms with Crippen LogP contribution in [0, 0.1) is 0 Å². The molecule has 0 bridgehead atoms. The molecular formula is C23H27N5O3S2. The van der Waals surface area contributed by atoms with Gasteiger partial charge in [-0.3, -0.25) is 9.36 Å². The normalized spacial score (nSPS) is 14.6. The van der Waals surface area contributed by atoms with Gasteiger partial charge in [-0.25, -0.2) is 8.42 Å². The fourth-order valence-electron chi connectivity index (χ4n) is 3.73. The van der Waals surface area contributed by atoms with Crippen LogP contribution in [0.3, 0.4) is 0 Å². The largest absolute Gasteiger partial charge is 0.353 e. The number of carbonyl (C=O) groups is 1. The minimum atomic E-state index is -3.56. The van der Waals surface area contributed by atoms with E-state index in [2.05, 4.69) is 15.5 Å². The predicted molar refractivity (Wildman–Crippen MR) is 129 cm³/mol. The highest BCUT2D eigenvalue weighted by atomic mass is 32.2. The van der Waals surface area contributed by atoms with Gasteiger partial charge >= 0.3 is 0 Å². The fourth-order valence-corrected chi connectivity index (χ4v) is 6.05. The van der Waals surface area contributed by atoms with E-state index in [4.69, 9.17) is 0 Å². The van der Waals surface area contributed by atoms with Crippen molar-refractivity contribution in [2.75, 3.05) is 18.8 Å². The van der Waals surface area contributed by atoms with Crippen LogP contribution in [-0.4, -0.2) is 58.3 Å². The highest BCUT2D eigenvalue weighted by molar-refractivity contribution is 7.99. The van der Waals surface area contributed by atoms with Crippen LogP contribution in [-0.2, 0) is 14.8 Å². The molecule has 2 heterocycles. The Labute approximate surface area is 198 Å². The number of thioether (sulfide) groups is 1. The third kappa shape index (κ3) is 5.29. The zero-order valence-electron chi connectivity index (χ0n) is 18.6. The van der Waals surface area contributed by atoms with Gasteiger partial charge < -0.3 is 5.32 Å². The van der Waals surface area contributed by atoms with E-state index in [0.717, 1.165) is 18.5 Å². The molecule has 1 fully saturated rings. The average Bonchev–Trinajstić information content (AvgIpc) is 3.49. The summed E-state index contributed by atoms with van der Waals surface area (Å²) in [5.41, 5.74) is 1.47. The summed E-state index contributed by atoms with van der Waals surface area (Å²) in [7, 11) is -3.56. The molecule has 33 heavy (non-hydrogen) atoms. The van der Waals surface area contributed by atoms with Crippen LogP contribution in [0.15, 0.2) is 64.6 Å². The van der Waals surface area contributed by atoms with Gasteiger partial charge in [-0.2, -0.15) is 4.31 Å². The van der Waals surface area contributed by atoms with Crippen LogP contribution in [0.2, 0.25) is 0 Å². The number of benzene rings is 2. The first kappa shape index (κ1) is 23.5. The number of hydrogen-bond acceptors (Lipinski definition) is 6. The quantitative estimate of drug-likeness (QED) is 0.492. The van der Waals surface area contributed by atoms with E-state index < -0.39 is 10.0 Å². The smallest absolute Gasteiger partial charge is 0.243 e. The van der Waals surface area contributed by atoms with Crippen LogP contribution in [0.1, 0.15) is 26.7 Å². The van der Waals surface area contributed by atoms with E-state index in [1.165, 1.54) is 16.1 Å². The van der Waals surface area contributed by atoms with Crippen LogP contribution < -0.4 is 5.32 Å². The van der Waals surface area contributed by atoms with E-state index >= 15 is 0 Å². The zero-order chi connectivity index (χ0) is 23.4. The molecular weight excluding hydrogens is 458 g/mol. The van der Waals surface area contributed by atoms with Crippen molar-refractivity contribution in [3.63, 3.8) is 0 Å². The Morgan fingerprint density at radius 1 is 1.06 bits per heavy atom.